The number of alkyl halides is 2. The summed E-state index contributed by atoms with van der Waals surface area (Å²) < 4.78 is 23.3. The van der Waals surface area contributed by atoms with Crippen molar-refractivity contribution in [2.45, 2.75) is 19.5 Å². The summed E-state index contributed by atoms with van der Waals surface area (Å²) in [5.74, 6) is 0. The number of rotatable bonds is 4. The fraction of sp³-hybridized carbons (Fsp3) is 1.00. The van der Waals surface area contributed by atoms with Crippen LogP contribution in [0.4, 0.5) is 8.78 Å². The highest BCUT2D eigenvalue weighted by Gasteiger charge is 2.17. The Bertz CT molecular complexity index is 89.8. The highest BCUT2D eigenvalue weighted by atomic mass is 19.3. The third-order valence-electron chi connectivity index (χ3n) is 1.33. The van der Waals surface area contributed by atoms with Gasteiger partial charge in [0, 0.05) is 6.54 Å². The fourth-order valence-electron chi connectivity index (χ4n) is 0.528. The van der Waals surface area contributed by atoms with Gasteiger partial charge >= 0.3 is 0 Å². The molecular weight excluding hydrogens is 140 g/mol. The molecule has 0 rings (SSSR count). The molecule has 0 spiro atoms. The first-order chi connectivity index (χ1) is 4.57. The average molecular weight is 153 g/mol. The quantitative estimate of drug-likeness (QED) is 0.638. The number of hydrogen-bond acceptors (Lipinski definition) is 2. The largest absolute Gasteiger partial charge is 0.386 e. The van der Waals surface area contributed by atoms with Gasteiger partial charge < -0.3 is 10.0 Å². The van der Waals surface area contributed by atoms with Crippen LogP contribution in [0.1, 0.15) is 6.92 Å². The Morgan fingerprint density at radius 3 is 2.30 bits per heavy atom. The molecule has 62 valence electrons. The Morgan fingerprint density at radius 1 is 1.50 bits per heavy atom. The number of hydrogen-bond donors (Lipinski definition) is 1. The molecule has 0 radical (unpaired) electrons. The van der Waals surface area contributed by atoms with Crippen molar-refractivity contribution in [3.8, 4) is 0 Å². The zero-order valence-electron chi connectivity index (χ0n) is 6.22. The average Bonchev–Trinajstić information content (AvgIpc) is 1.87. The van der Waals surface area contributed by atoms with Gasteiger partial charge in [-0.25, -0.2) is 8.78 Å². The molecule has 1 atom stereocenters. The van der Waals surface area contributed by atoms with E-state index in [9.17, 15) is 8.78 Å². The lowest BCUT2D eigenvalue weighted by Gasteiger charge is -2.17. The molecule has 1 unspecified atom stereocenters. The van der Waals surface area contributed by atoms with E-state index in [0.29, 0.717) is 6.54 Å². The molecule has 0 amide bonds. The van der Waals surface area contributed by atoms with Crippen molar-refractivity contribution in [3.63, 3.8) is 0 Å². The first-order valence-corrected chi connectivity index (χ1v) is 3.22. The van der Waals surface area contributed by atoms with E-state index in [1.807, 2.05) is 6.92 Å². The molecule has 0 fully saturated rings. The van der Waals surface area contributed by atoms with Crippen LogP contribution in [0.5, 0.6) is 0 Å². The molecule has 0 aliphatic carbocycles. The van der Waals surface area contributed by atoms with Crippen molar-refractivity contribution in [3.05, 3.63) is 0 Å². The van der Waals surface area contributed by atoms with Crippen molar-refractivity contribution in [2.24, 2.45) is 0 Å². The summed E-state index contributed by atoms with van der Waals surface area (Å²) in [4.78, 5) is 1.64. The van der Waals surface area contributed by atoms with Gasteiger partial charge in [-0.3, -0.25) is 0 Å². The number of aliphatic hydroxyl groups is 1. The van der Waals surface area contributed by atoms with E-state index in [-0.39, 0.29) is 6.54 Å². The summed E-state index contributed by atoms with van der Waals surface area (Å²) in [7, 11) is 1.69. The van der Waals surface area contributed by atoms with Crippen LogP contribution in [0.15, 0.2) is 0 Å². The van der Waals surface area contributed by atoms with Crippen LogP contribution in [0.3, 0.4) is 0 Å². The second-order valence-electron chi connectivity index (χ2n) is 2.26. The summed E-state index contributed by atoms with van der Waals surface area (Å²) in [6.07, 6.45) is -4.14. The standard InChI is InChI=1S/C6H13F2NO/c1-3-9(2)4-5(10)6(7)8/h5-6,10H,3-4H2,1-2H3. The first-order valence-electron chi connectivity index (χ1n) is 3.22. The molecule has 0 bridgehead atoms. The highest BCUT2D eigenvalue weighted by molar-refractivity contribution is 4.61. The Labute approximate surface area is 59.4 Å². The normalized spacial score (nSPS) is 14.7. The zero-order valence-corrected chi connectivity index (χ0v) is 6.22. The van der Waals surface area contributed by atoms with Crippen LogP contribution in [0.2, 0.25) is 0 Å². The third kappa shape index (κ3) is 3.74. The molecule has 10 heavy (non-hydrogen) atoms. The minimum absolute atomic E-state index is 0.0359. The summed E-state index contributed by atoms with van der Waals surface area (Å²) in [6, 6.07) is 0. The van der Waals surface area contributed by atoms with Gasteiger partial charge in [0.2, 0.25) is 0 Å². The van der Waals surface area contributed by atoms with E-state index in [4.69, 9.17) is 5.11 Å². The first kappa shape index (κ1) is 9.78. The lowest BCUT2D eigenvalue weighted by molar-refractivity contribution is -0.0190. The van der Waals surface area contributed by atoms with Gasteiger partial charge in [-0.2, -0.15) is 0 Å². The molecule has 1 N–H and O–H groups in total. The lowest BCUT2D eigenvalue weighted by Crippen LogP contribution is -2.33. The predicted octanol–water partition coefficient (Wildman–Crippen LogP) is 0.564. The van der Waals surface area contributed by atoms with E-state index >= 15 is 0 Å². The maximum Gasteiger partial charge on any atom is 0.265 e. The SMILES string of the molecule is CCN(C)CC(O)C(F)F. The maximum atomic E-state index is 11.6. The van der Waals surface area contributed by atoms with E-state index in [1.165, 1.54) is 0 Å². The van der Waals surface area contributed by atoms with E-state index in [1.54, 1.807) is 11.9 Å². The molecule has 0 aliphatic heterocycles. The van der Waals surface area contributed by atoms with Gasteiger partial charge in [0.05, 0.1) is 0 Å². The Hall–Kier alpha value is -0.220. The van der Waals surface area contributed by atoms with Crippen LogP contribution < -0.4 is 0 Å². The number of nitrogens with zero attached hydrogens (tertiary/aromatic N) is 1. The van der Waals surface area contributed by atoms with E-state index < -0.39 is 12.5 Å². The Balaban J connectivity index is 3.46. The van der Waals surface area contributed by atoms with Gasteiger partial charge in [-0.15, -0.1) is 0 Å². The number of likely N-dealkylation sites (N-methyl/N-ethyl adjacent to an activating group) is 1. The molecule has 0 saturated carbocycles. The maximum absolute atomic E-state index is 11.6. The van der Waals surface area contributed by atoms with Crippen LogP contribution in [-0.2, 0) is 0 Å². The summed E-state index contributed by atoms with van der Waals surface area (Å²) in [5.41, 5.74) is 0. The van der Waals surface area contributed by atoms with Crippen LogP contribution >= 0.6 is 0 Å². The summed E-state index contributed by atoms with van der Waals surface area (Å²) in [6.45, 7) is 2.55. The molecule has 0 aromatic rings. The molecule has 4 heteroatoms. The monoisotopic (exact) mass is 153 g/mol. The second kappa shape index (κ2) is 4.57. The smallest absolute Gasteiger partial charge is 0.265 e. The van der Waals surface area contributed by atoms with Crippen LogP contribution in [-0.4, -0.2) is 42.7 Å². The topological polar surface area (TPSA) is 23.5 Å². The predicted molar refractivity (Wildman–Crippen MR) is 35.2 cm³/mol. The van der Waals surface area contributed by atoms with E-state index in [0.717, 1.165) is 0 Å². The lowest BCUT2D eigenvalue weighted by atomic mass is 10.3. The summed E-state index contributed by atoms with van der Waals surface area (Å²) in [5, 5.41) is 8.64. The van der Waals surface area contributed by atoms with Gasteiger partial charge in [0.15, 0.2) is 0 Å². The highest BCUT2D eigenvalue weighted by Crippen LogP contribution is 2.01. The van der Waals surface area contributed by atoms with Gasteiger partial charge in [-0.05, 0) is 13.6 Å². The molecule has 0 heterocycles. The number of aliphatic hydroxyl groups excluding tert-OH is 1. The van der Waals surface area contributed by atoms with Crippen LogP contribution in [0.25, 0.3) is 0 Å². The Morgan fingerprint density at radius 2 is 2.00 bits per heavy atom. The molecular formula is C6H13F2NO. The van der Waals surface area contributed by atoms with Crippen LogP contribution in [0, 0.1) is 0 Å². The number of halogens is 2. The van der Waals surface area contributed by atoms with Gasteiger partial charge in [-0.1, -0.05) is 6.92 Å². The molecule has 0 aliphatic rings. The Kier molecular flexibility index (Phi) is 4.47. The minimum atomic E-state index is -2.63. The minimum Gasteiger partial charge on any atom is -0.386 e. The van der Waals surface area contributed by atoms with Crippen molar-refractivity contribution in [1.29, 1.82) is 0 Å². The van der Waals surface area contributed by atoms with Crippen molar-refractivity contribution in [2.75, 3.05) is 20.1 Å². The fourth-order valence-corrected chi connectivity index (χ4v) is 0.528. The zero-order chi connectivity index (χ0) is 8.15. The van der Waals surface area contributed by atoms with E-state index in [2.05, 4.69) is 0 Å². The summed E-state index contributed by atoms with van der Waals surface area (Å²) >= 11 is 0. The molecule has 2 nitrogen and oxygen atoms in total. The van der Waals surface area contributed by atoms with Crippen molar-refractivity contribution in [1.82, 2.24) is 4.90 Å². The third-order valence-corrected chi connectivity index (χ3v) is 1.33. The molecule has 0 saturated heterocycles. The molecule has 0 aromatic heterocycles. The van der Waals surface area contributed by atoms with Gasteiger partial charge in [0.1, 0.15) is 6.10 Å². The van der Waals surface area contributed by atoms with Crippen molar-refractivity contribution >= 4 is 0 Å². The van der Waals surface area contributed by atoms with Crippen molar-refractivity contribution < 1.29 is 13.9 Å². The molecule has 0 aromatic carbocycles. The second-order valence-corrected chi connectivity index (χ2v) is 2.26. The van der Waals surface area contributed by atoms with Gasteiger partial charge in [0.25, 0.3) is 6.43 Å².